The van der Waals surface area contributed by atoms with Crippen molar-refractivity contribution < 1.29 is 0 Å². The summed E-state index contributed by atoms with van der Waals surface area (Å²) in [7, 11) is 0. The maximum Gasteiger partial charge on any atom is 0.0794 e. The molecule has 5 aromatic carbocycles. The van der Waals surface area contributed by atoms with Crippen LogP contribution in [0.4, 0.5) is 0 Å². The van der Waals surface area contributed by atoms with Crippen molar-refractivity contribution in [3.8, 4) is 33.4 Å². The molecule has 0 aliphatic rings. The third-order valence-electron chi connectivity index (χ3n) is 6.04. The van der Waals surface area contributed by atoms with E-state index < -0.39 is 0 Å². The van der Waals surface area contributed by atoms with E-state index in [4.69, 9.17) is 4.98 Å². The standard InChI is InChI=1S/C31H21N/c1-4-12-22(13-5-1)25-20-27(23-14-6-2-7-15-23)31-28(21-25)30(24-16-8-3-9-17-24)26-18-10-11-19-29(26)32-31/h1-21H. The van der Waals surface area contributed by atoms with Crippen molar-refractivity contribution in [3.63, 3.8) is 0 Å². The van der Waals surface area contributed by atoms with E-state index in [1.165, 1.54) is 38.6 Å². The molecule has 1 heterocycles. The molecule has 6 aromatic rings. The molecule has 6 rings (SSSR count). The third kappa shape index (κ3) is 3.16. The highest BCUT2D eigenvalue weighted by molar-refractivity contribution is 6.14. The van der Waals surface area contributed by atoms with Gasteiger partial charge in [0.2, 0.25) is 0 Å². The molecule has 0 spiro atoms. The Hall–Kier alpha value is -4.23. The van der Waals surface area contributed by atoms with Crippen molar-refractivity contribution in [2.45, 2.75) is 0 Å². The zero-order valence-electron chi connectivity index (χ0n) is 17.6. The molecule has 0 amide bonds. The van der Waals surface area contributed by atoms with Crippen LogP contribution < -0.4 is 0 Å². The van der Waals surface area contributed by atoms with Gasteiger partial charge >= 0.3 is 0 Å². The lowest BCUT2D eigenvalue weighted by atomic mass is 9.90. The molecule has 1 heteroatoms. The fraction of sp³-hybridized carbons (Fsp3) is 0. The second kappa shape index (κ2) is 7.79. The number of fused-ring (bicyclic) bond motifs is 2. The molecule has 0 fully saturated rings. The fourth-order valence-electron chi connectivity index (χ4n) is 4.54. The number of nitrogens with zero attached hydrogens (tertiary/aromatic N) is 1. The molecule has 0 saturated heterocycles. The molecule has 0 atom stereocenters. The Morgan fingerprint density at radius 1 is 0.406 bits per heavy atom. The lowest BCUT2D eigenvalue weighted by Crippen LogP contribution is -1.93. The van der Waals surface area contributed by atoms with E-state index in [0.29, 0.717) is 0 Å². The molecular formula is C31H21N. The molecule has 0 aliphatic heterocycles. The average molecular weight is 408 g/mol. The van der Waals surface area contributed by atoms with Gasteiger partial charge in [0, 0.05) is 21.9 Å². The van der Waals surface area contributed by atoms with E-state index in [1.807, 2.05) is 0 Å². The fourth-order valence-corrected chi connectivity index (χ4v) is 4.54. The zero-order valence-corrected chi connectivity index (χ0v) is 17.6. The first-order valence-corrected chi connectivity index (χ1v) is 10.9. The summed E-state index contributed by atoms with van der Waals surface area (Å²) in [6.45, 7) is 0. The highest BCUT2D eigenvalue weighted by Crippen LogP contribution is 2.41. The van der Waals surface area contributed by atoms with Crippen molar-refractivity contribution in [1.82, 2.24) is 4.98 Å². The van der Waals surface area contributed by atoms with Crippen molar-refractivity contribution in [3.05, 3.63) is 127 Å². The summed E-state index contributed by atoms with van der Waals surface area (Å²) in [5.41, 5.74) is 9.24. The summed E-state index contributed by atoms with van der Waals surface area (Å²) in [4.78, 5) is 5.17. The highest BCUT2D eigenvalue weighted by atomic mass is 14.7. The molecular weight excluding hydrogens is 386 g/mol. The Bertz CT molecular complexity index is 1540. The molecule has 0 saturated carbocycles. The van der Waals surface area contributed by atoms with Gasteiger partial charge in [-0.2, -0.15) is 0 Å². The molecule has 0 aliphatic carbocycles. The average Bonchev–Trinajstić information content (AvgIpc) is 2.88. The van der Waals surface area contributed by atoms with Gasteiger partial charge in [0.25, 0.3) is 0 Å². The van der Waals surface area contributed by atoms with Crippen LogP contribution in [0.5, 0.6) is 0 Å². The molecule has 32 heavy (non-hydrogen) atoms. The number of aromatic nitrogens is 1. The second-order valence-electron chi connectivity index (χ2n) is 8.02. The SMILES string of the molecule is c1ccc(-c2cc(-c3ccccc3)c3nc4ccccc4c(-c4ccccc4)c3c2)cc1. The van der Waals surface area contributed by atoms with Crippen LogP contribution in [-0.2, 0) is 0 Å². The lowest BCUT2D eigenvalue weighted by Gasteiger charge is -2.16. The van der Waals surface area contributed by atoms with Crippen LogP contribution in [0.25, 0.3) is 55.2 Å². The van der Waals surface area contributed by atoms with E-state index in [1.54, 1.807) is 0 Å². The summed E-state index contributed by atoms with van der Waals surface area (Å²) in [6, 6.07) is 44.9. The Morgan fingerprint density at radius 2 is 0.969 bits per heavy atom. The number of rotatable bonds is 3. The van der Waals surface area contributed by atoms with Gasteiger partial charge in [0.05, 0.1) is 11.0 Å². The van der Waals surface area contributed by atoms with E-state index >= 15 is 0 Å². The first kappa shape index (κ1) is 18.5. The third-order valence-corrected chi connectivity index (χ3v) is 6.04. The smallest absolute Gasteiger partial charge is 0.0794 e. The Balaban J connectivity index is 1.81. The van der Waals surface area contributed by atoms with E-state index in [2.05, 4.69) is 127 Å². The molecule has 0 unspecified atom stereocenters. The number of hydrogen-bond donors (Lipinski definition) is 0. The first-order valence-electron chi connectivity index (χ1n) is 10.9. The van der Waals surface area contributed by atoms with E-state index in [9.17, 15) is 0 Å². The van der Waals surface area contributed by atoms with Crippen molar-refractivity contribution >= 4 is 21.8 Å². The van der Waals surface area contributed by atoms with Crippen LogP contribution in [0, 0.1) is 0 Å². The topological polar surface area (TPSA) is 12.9 Å². The second-order valence-corrected chi connectivity index (χ2v) is 8.02. The maximum absolute atomic E-state index is 5.17. The number of benzene rings is 5. The quantitative estimate of drug-likeness (QED) is 0.268. The minimum absolute atomic E-state index is 1.02. The van der Waals surface area contributed by atoms with Crippen LogP contribution in [-0.4, -0.2) is 4.98 Å². The van der Waals surface area contributed by atoms with Gasteiger partial charge in [-0.1, -0.05) is 109 Å². The van der Waals surface area contributed by atoms with E-state index in [-0.39, 0.29) is 0 Å². The monoisotopic (exact) mass is 407 g/mol. The Morgan fingerprint density at radius 3 is 1.66 bits per heavy atom. The molecule has 0 bridgehead atoms. The number of hydrogen-bond acceptors (Lipinski definition) is 1. The first-order chi connectivity index (χ1) is 15.9. The maximum atomic E-state index is 5.17. The summed E-state index contributed by atoms with van der Waals surface area (Å²) in [5.74, 6) is 0. The molecule has 1 nitrogen and oxygen atoms in total. The summed E-state index contributed by atoms with van der Waals surface area (Å²) >= 11 is 0. The van der Waals surface area contributed by atoms with Gasteiger partial charge in [-0.25, -0.2) is 4.98 Å². The Labute approximate surface area is 187 Å². The van der Waals surface area contributed by atoms with Crippen LogP contribution in [0.3, 0.4) is 0 Å². The molecule has 1 aromatic heterocycles. The predicted molar refractivity (Wildman–Crippen MR) is 136 cm³/mol. The predicted octanol–water partition coefficient (Wildman–Crippen LogP) is 8.39. The normalized spacial score (nSPS) is 11.1. The molecule has 0 N–H and O–H groups in total. The van der Waals surface area contributed by atoms with Crippen LogP contribution in [0.1, 0.15) is 0 Å². The van der Waals surface area contributed by atoms with Crippen molar-refractivity contribution in [2.24, 2.45) is 0 Å². The summed E-state index contributed by atoms with van der Waals surface area (Å²) < 4.78 is 0. The van der Waals surface area contributed by atoms with Crippen LogP contribution in [0.2, 0.25) is 0 Å². The van der Waals surface area contributed by atoms with Gasteiger partial charge in [0.1, 0.15) is 0 Å². The van der Waals surface area contributed by atoms with Crippen LogP contribution in [0.15, 0.2) is 127 Å². The largest absolute Gasteiger partial charge is 0.247 e. The minimum atomic E-state index is 1.02. The number of para-hydroxylation sites is 1. The summed E-state index contributed by atoms with van der Waals surface area (Å²) in [6.07, 6.45) is 0. The molecule has 0 radical (unpaired) electrons. The summed E-state index contributed by atoms with van der Waals surface area (Å²) in [5, 5.41) is 2.35. The van der Waals surface area contributed by atoms with Gasteiger partial charge in [-0.3, -0.25) is 0 Å². The van der Waals surface area contributed by atoms with Crippen LogP contribution >= 0.6 is 0 Å². The zero-order chi connectivity index (χ0) is 21.3. The van der Waals surface area contributed by atoms with Crippen molar-refractivity contribution in [1.29, 1.82) is 0 Å². The van der Waals surface area contributed by atoms with Gasteiger partial charge in [-0.15, -0.1) is 0 Å². The van der Waals surface area contributed by atoms with E-state index in [0.717, 1.165) is 16.6 Å². The minimum Gasteiger partial charge on any atom is -0.247 e. The van der Waals surface area contributed by atoms with Crippen molar-refractivity contribution in [2.75, 3.05) is 0 Å². The van der Waals surface area contributed by atoms with Gasteiger partial charge in [-0.05, 0) is 40.5 Å². The Kier molecular flexibility index (Phi) is 4.51. The molecule has 150 valence electrons. The van der Waals surface area contributed by atoms with Gasteiger partial charge < -0.3 is 0 Å². The number of pyridine rings is 1. The lowest BCUT2D eigenvalue weighted by molar-refractivity contribution is 1.48. The van der Waals surface area contributed by atoms with Gasteiger partial charge in [0.15, 0.2) is 0 Å². The highest BCUT2D eigenvalue weighted by Gasteiger charge is 2.16.